The zero-order chi connectivity index (χ0) is 24.0. The summed E-state index contributed by atoms with van der Waals surface area (Å²) in [5.41, 5.74) is 0. The number of hydrogen-bond donors (Lipinski definition) is 0. The third-order valence-electron chi connectivity index (χ3n) is 7.84. The summed E-state index contributed by atoms with van der Waals surface area (Å²) in [4.78, 5) is 13.3. The maximum absolute atomic E-state index is 13.3. The number of nitrogens with zero attached hydrogens (tertiary/aromatic N) is 2. The average Bonchev–Trinajstić information content (AvgIpc) is 3.04. The molecule has 0 radical (unpaired) electrons. The van der Waals surface area contributed by atoms with Gasteiger partial charge in [-0.1, -0.05) is 104 Å². The Hall–Kier alpha value is -0.570. The van der Waals surface area contributed by atoms with Gasteiger partial charge in [0.2, 0.25) is 0 Å². The van der Waals surface area contributed by atoms with Crippen LogP contribution in [0.15, 0.2) is 0 Å². The molecular formula is C30H61N2O+. The number of carbonyl (C=O) groups excluding carboxylic acids is 1. The first-order valence-corrected chi connectivity index (χ1v) is 15.4. The highest BCUT2D eigenvalue weighted by Crippen LogP contribution is 2.25. The SMILES string of the molecule is CCCCCCCC[N+](CCCCCCCC)(CCCCCCCC)N1CCCCCC1=O. The van der Waals surface area contributed by atoms with Gasteiger partial charge in [-0.15, -0.1) is 0 Å². The summed E-state index contributed by atoms with van der Waals surface area (Å²) < 4.78 is 0.994. The molecular weight excluding hydrogens is 404 g/mol. The number of rotatable bonds is 22. The molecule has 1 aliphatic heterocycles. The van der Waals surface area contributed by atoms with Crippen molar-refractivity contribution in [2.75, 3.05) is 26.2 Å². The van der Waals surface area contributed by atoms with Crippen molar-refractivity contribution >= 4 is 5.91 Å². The maximum Gasteiger partial charge on any atom is 0.267 e. The molecule has 196 valence electrons. The largest absolute Gasteiger partial charge is 0.270 e. The van der Waals surface area contributed by atoms with Crippen LogP contribution >= 0.6 is 0 Å². The Morgan fingerprint density at radius 3 is 1.36 bits per heavy atom. The number of quaternary nitrogens is 1. The van der Waals surface area contributed by atoms with Crippen molar-refractivity contribution in [2.45, 2.75) is 162 Å². The van der Waals surface area contributed by atoms with E-state index in [1.165, 1.54) is 148 Å². The number of amides is 1. The van der Waals surface area contributed by atoms with E-state index in [-0.39, 0.29) is 0 Å². The van der Waals surface area contributed by atoms with Gasteiger partial charge in [0, 0.05) is 6.42 Å². The zero-order valence-corrected chi connectivity index (χ0v) is 23.2. The highest BCUT2D eigenvalue weighted by atomic mass is 16.2. The lowest BCUT2D eigenvalue weighted by atomic mass is 10.1. The normalized spacial score (nSPS) is 15.2. The Kier molecular flexibility index (Phi) is 19.2. The third-order valence-corrected chi connectivity index (χ3v) is 7.84. The van der Waals surface area contributed by atoms with Crippen molar-refractivity contribution in [2.24, 2.45) is 0 Å². The van der Waals surface area contributed by atoms with Gasteiger partial charge < -0.3 is 0 Å². The smallest absolute Gasteiger partial charge is 0.267 e. The molecule has 0 aromatic carbocycles. The molecule has 3 heteroatoms. The van der Waals surface area contributed by atoms with Gasteiger partial charge in [-0.3, -0.25) is 4.79 Å². The van der Waals surface area contributed by atoms with E-state index < -0.39 is 0 Å². The Balaban J connectivity index is 2.81. The topological polar surface area (TPSA) is 20.3 Å². The van der Waals surface area contributed by atoms with Crippen molar-refractivity contribution in [1.29, 1.82) is 0 Å². The minimum atomic E-state index is 0.454. The molecule has 33 heavy (non-hydrogen) atoms. The van der Waals surface area contributed by atoms with E-state index in [9.17, 15) is 4.79 Å². The van der Waals surface area contributed by atoms with Gasteiger partial charge in [-0.05, 0) is 51.4 Å². The second-order valence-corrected chi connectivity index (χ2v) is 10.9. The van der Waals surface area contributed by atoms with Crippen molar-refractivity contribution < 1.29 is 9.39 Å². The van der Waals surface area contributed by atoms with Crippen LogP contribution in [0.25, 0.3) is 0 Å². The molecule has 0 aromatic heterocycles. The lowest BCUT2D eigenvalue weighted by Crippen LogP contribution is -2.63. The van der Waals surface area contributed by atoms with E-state index in [1.807, 2.05) is 0 Å². The van der Waals surface area contributed by atoms with Crippen LogP contribution in [0.5, 0.6) is 0 Å². The average molecular weight is 466 g/mol. The van der Waals surface area contributed by atoms with E-state index in [0.29, 0.717) is 5.91 Å². The summed E-state index contributed by atoms with van der Waals surface area (Å²) in [5.74, 6) is 0.454. The van der Waals surface area contributed by atoms with Gasteiger partial charge in [-0.25, -0.2) is 4.59 Å². The van der Waals surface area contributed by atoms with Crippen LogP contribution in [-0.2, 0) is 4.79 Å². The van der Waals surface area contributed by atoms with Gasteiger partial charge >= 0.3 is 0 Å². The molecule has 1 fully saturated rings. The fourth-order valence-corrected chi connectivity index (χ4v) is 5.67. The summed E-state index contributed by atoms with van der Waals surface area (Å²) in [6, 6.07) is 0. The fourth-order valence-electron chi connectivity index (χ4n) is 5.67. The second kappa shape index (κ2) is 20.8. The quantitative estimate of drug-likeness (QED) is 0.115. The Bertz CT molecular complexity index is 410. The minimum absolute atomic E-state index is 0.454. The summed E-state index contributed by atoms with van der Waals surface area (Å²) in [6.45, 7) is 11.5. The molecule has 0 unspecified atom stereocenters. The monoisotopic (exact) mass is 465 g/mol. The van der Waals surface area contributed by atoms with Crippen LogP contribution in [0.3, 0.4) is 0 Å². The van der Waals surface area contributed by atoms with Gasteiger partial charge in [0.25, 0.3) is 5.91 Å². The zero-order valence-electron chi connectivity index (χ0n) is 23.2. The summed E-state index contributed by atoms with van der Waals surface area (Å²) in [7, 11) is 0. The second-order valence-electron chi connectivity index (χ2n) is 10.9. The maximum atomic E-state index is 13.3. The van der Waals surface area contributed by atoms with Crippen molar-refractivity contribution in [3.05, 3.63) is 0 Å². The van der Waals surface area contributed by atoms with Gasteiger partial charge in [0.05, 0.1) is 6.54 Å². The standard InChI is InChI=1S/C30H61N2O/c1-4-7-10-13-16-22-27-32(28-23-17-14-11-8-5-2,29-24-18-15-12-9-6-3)31-26-21-19-20-25-30(31)33/h4-29H2,1-3H3/q+1. The number of carbonyl (C=O) groups is 1. The summed E-state index contributed by atoms with van der Waals surface area (Å²) in [5, 5.41) is 2.39. The molecule has 3 nitrogen and oxygen atoms in total. The minimum Gasteiger partial charge on any atom is -0.270 e. The summed E-state index contributed by atoms with van der Waals surface area (Å²) in [6.07, 6.45) is 28.6. The number of unbranched alkanes of at least 4 members (excludes halogenated alkanes) is 15. The molecule has 0 spiro atoms. The highest BCUT2D eigenvalue weighted by molar-refractivity contribution is 5.75. The van der Waals surface area contributed by atoms with Crippen molar-refractivity contribution in [1.82, 2.24) is 5.01 Å². The molecule has 1 saturated heterocycles. The van der Waals surface area contributed by atoms with Gasteiger partial charge in [0.15, 0.2) is 0 Å². The van der Waals surface area contributed by atoms with Crippen LogP contribution in [-0.4, -0.2) is 41.7 Å². The van der Waals surface area contributed by atoms with Crippen LogP contribution in [0.1, 0.15) is 162 Å². The van der Waals surface area contributed by atoms with Crippen LogP contribution in [0.4, 0.5) is 0 Å². The highest BCUT2D eigenvalue weighted by Gasteiger charge is 2.38. The van der Waals surface area contributed by atoms with Crippen LogP contribution in [0, 0.1) is 0 Å². The van der Waals surface area contributed by atoms with Gasteiger partial charge in [0.1, 0.15) is 19.6 Å². The van der Waals surface area contributed by atoms with Crippen molar-refractivity contribution in [3.63, 3.8) is 0 Å². The predicted octanol–water partition coefficient (Wildman–Crippen LogP) is 9.20. The number of hydrogen-bond acceptors (Lipinski definition) is 1. The molecule has 1 rings (SSSR count). The lowest BCUT2D eigenvalue weighted by molar-refractivity contribution is -1.02. The lowest BCUT2D eigenvalue weighted by Gasteiger charge is -2.46. The van der Waals surface area contributed by atoms with E-state index in [1.54, 1.807) is 0 Å². The molecule has 0 N–H and O–H groups in total. The first-order chi connectivity index (χ1) is 16.2. The first-order valence-electron chi connectivity index (χ1n) is 15.4. The van der Waals surface area contributed by atoms with E-state index >= 15 is 0 Å². The molecule has 0 bridgehead atoms. The Labute approximate surface area is 208 Å². The van der Waals surface area contributed by atoms with E-state index in [0.717, 1.165) is 24.0 Å². The van der Waals surface area contributed by atoms with E-state index in [4.69, 9.17) is 0 Å². The molecule has 0 aliphatic carbocycles. The molecule has 0 atom stereocenters. The molecule has 1 amide bonds. The third kappa shape index (κ3) is 13.8. The van der Waals surface area contributed by atoms with E-state index in [2.05, 4.69) is 25.8 Å². The molecule has 0 aromatic rings. The molecule has 0 saturated carbocycles. The van der Waals surface area contributed by atoms with Crippen LogP contribution in [0.2, 0.25) is 0 Å². The molecule has 1 aliphatic rings. The van der Waals surface area contributed by atoms with Crippen LogP contribution < -0.4 is 0 Å². The Morgan fingerprint density at radius 2 is 0.939 bits per heavy atom. The fraction of sp³-hybridized carbons (Fsp3) is 0.967. The van der Waals surface area contributed by atoms with Crippen molar-refractivity contribution in [3.8, 4) is 0 Å². The Morgan fingerprint density at radius 1 is 0.545 bits per heavy atom. The first kappa shape index (κ1) is 30.5. The van der Waals surface area contributed by atoms with Gasteiger partial charge in [-0.2, -0.15) is 5.01 Å². The predicted molar refractivity (Wildman–Crippen MR) is 145 cm³/mol. The molecule has 1 heterocycles. The summed E-state index contributed by atoms with van der Waals surface area (Å²) >= 11 is 0.